The van der Waals surface area contributed by atoms with Gasteiger partial charge in [-0.15, -0.1) is 22.7 Å². The Bertz CT molecular complexity index is 6230. The summed E-state index contributed by atoms with van der Waals surface area (Å²) >= 11 is 9.75. The molecule has 20 rings (SSSR count). The summed E-state index contributed by atoms with van der Waals surface area (Å²) < 4.78 is 23.2. The van der Waals surface area contributed by atoms with Gasteiger partial charge in [0.25, 0.3) is 0 Å². The highest BCUT2D eigenvalue weighted by molar-refractivity contribution is 7.27. The van der Waals surface area contributed by atoms with Gasteiger partial charge in [-0.2, -0.15) is 0 Å². The van der Waals surface area contributed by atoms with Crippen LogP contribution in [0.3, 0.4) is 0 Å². The van der Waals surface area contributed by atoms with Crippen LogP contribution in [0.15, 0.2) is 279 Å². The molecule has 0 saturated heterocycles. The summed E-state index contributed by atoms with van der Waals surface area (Å²) in [5.41, 5.74) is 13.4. The van der Waals surface area contributed by atoms with Crippen LogP contribution in [0.4, 0.5) is 0 Å². The molecule has 5 heterocycles. The van der Waals surface area contributed by atoms with Gasteiger partial charge in [0, 0.05) is 74.7 Å². The van der Waals surface area contributed by atoms with Gasteiger partial charge in [0.15, 0.2) is 0 Å². The number of aromatic nitrogens is 5. The lowest BCUT2D eigenvalue weighted by molar-refractivity contribution is 1.02. The van der Waals surface area contributed by atoms with Crippen LogP contribution < -0.4 is 0 Å². The number of para-hydroxylation sites is 2. The van der Waals surface area contributed by atoms with Crippen molar-refractivity contribution in [2.24, 2.45) is 0 Å². The Morgan fingerprint density at radius 3 is 1.48 bits per heavy atom. The molecule has 0 unspecified atom stereocenters. The maximum Gasteiger partial charge on any atom is 0.235 e. The minimum Gasteiger partial charge on any atom is -0.276 e. The monoisotopic (exact) mass is 1190 g/mol. The van der Waals surface area contributed by atoms with Crippen LogP contribution >= 0.6 is 34.3 Å². The fraction of sp³-hybridized carbons (Fsp3) is 0.0123. The third-order valence-corrected chi connectivity index (χ3v) is 20.3. The molecule has 0 atom stereocenters. The summed E-state index contributed by atoms with van der Waals surface area (Å²) in [6.07, 6.45) is 1.03. The summed E-state index contributed by atoms with van der Waals surface area (Å²) in [6, 6.07) is 93.7. The van der Waals surface area contributed by atoms with E-state index in [9.17, 15) is 0 Å². The van der Waals surface area contributed by atoms with Crippen molar-refractivity contribution >= 4 is 161 Å². The molecule has 0 fully saturated rings. The second-order valence-electron chi connectivity index (χ2n) is 22.6. The molecule has 5 aromatic heterocycles. The molecule has 0 bridgehead atoms. The van der Waals surface area contributed by atoms with E-state index in [2.05, 4.69) is 197 Å². The molecule has 0 radical (unpaired) electrons. The van der Waals surface area contributed by atoms with Crippen LogP contribution in [0, 0.1) is 0 Å². The van der Waals surface area contributed by atoms with Crippen molar-refractivity contribution in [3.05, 3.63) is 295 Å². The minimum absolute atomic E-state index is 0.235. The molecule has 0 spiro atoms. The maximum absolute atomic E-state index is 8.07. The SMILES string of the molecule is [2H]c1ccc(-c2nc(-n3c4ccc5ccccc5c4c4c5ccccc5c5c6ccccc6sc5c43)nc3ccccc23)cc1.[2H]c1ccc(-c2nc(Cl)nc3ccccc23)cc1.c1ccc2c3c(ccc2c1)Cc1c-3c2ccccc2c2c1sc1ccccc12. The van der Waals surface area contributed by atoms with Crippen molar-refractivity contribution in [1.29, 1.82) is 0 Å². The van der Waals surface area contributed by atoms with Gasteiger partial charge in [-0.1, -0.05) is 249 Å². The third kappa shape index (κ3) is 8.20. The van der Waals surface area contributed by atoms with Crippen LogP contribution in [0.2, 0.25) is 5.28 Å². The fourth-order valence-corrected chi connectivity index (χ4v) is 16.7. The Morgan fingerprint density at radius 2 is 0.831 bits per heavy atom. The summed E-state index contributed by atoms with van der Waals surface area (Å²) in [5, 5.41) is 20.4. The molecule has 0 saturated carbocycles. The number of benzene rings is 14. The predicted octanol–water partition coefficient (Wildman–Crippen LogP) is 23.0. The summed E-state index contributed by atoms with van der Waals surface area (Å²) in [6.45, 7) is 0. The van der Waals surface area contributed by atoms with E-state index in [1.54, 1.807) is 12.1 Å². The number of thiophene rings is 2. The van der Waals surface area contributed by atoms with Crippen LogP contribution in [0.25, 0.3) is 167 Å². The van der Waals surface area contributed by atoms with Gasteiger partial charge in [-0.05, 0) is 107 Å². The Hall–Kier alpha value is -10.7. The molecule has 1 aliphatic carbocycles. The Labute approximate surface area is 526 Å². The van der Waals surface area contributed by atoms with E-state index >= 15 is 0 Å². The van der Waals surface area contributed by atoms with E-state index in [1.165, 1.54) is 116 Å². The smallest absolute Gasteiger partial charge is 0.235 e. The van der Waals surface area contributed by atoms with Gasteiger partial charge < -0.3 is 0 Å². The number of rotatable bonds is 3. The molecule has 19 aromatic rings. The molecule has 416 valence electrons. The summed E-state index contributed by atoms with van der Waals surface area (Å²) in [4.78, 5) is 19.1. The van der Waals surface area contributed by atoms with Crippen molar-refractivity contribution in [2.75, 3.05) is 0 Å². The summed E-state index contributed by atoms with van der Waals surface area (Å²) in [7, 11) is 0. The fourth-order valence-electron chi connectivity index (χ4n) is 14.0. The first-order chi connectivity index (χ1) is 44.9. The molecule has 8 heteroatoms. The standard InChI is InChI=1S/C40H23N3S.C27H16S.C14H9ClN2/c1-2-13-25(14-3-1)37-29-18-8-10-20-31(29)41-40(42-37)43-32-23-22-24-12-4-5-15-26(24)35(32)36-28-17-7-6-16-27(28)34-30-19-9-11-21-33(30)44-39(34)38(36)43;1-2-8-18-16(7-1)13-14-17-15-22-25(24(17)18)19-9-3-4-10-20(19)26-21-11-5-6-12-23(21)28-27(22)26;15-14-16-12-9-5-4-8-11(12)13(17-14)10-6-2-1-3-7-10/h1-23H;1-14H,15H2;1-9H/i1D;;1D. The number of fused-ring (bicyclic) bond motifs is 26. The lowest BCUT2D eigenvalue weighted by atomic mass is 9.92. The zero-order chi connectivity index (χ0) is 60.4. The van der Waals surface area contributed by atoms with E-state index in [-0.39, 0.29) is 5.28 Å². The van der Waals surface area contributed by atoms with Gasteiger partial charge in [-0.25, -0.2) is 19.9 Å². The van der Waals surface area contributed by atoms with Crippen LogP contribution in [-0.4, -0.2) is 24.5 Å². The predicted molar refractivity (Wildman–Crippen MR) is 380 cm³/mol. The van der Waals surface area contributed by atoms with Gasteiger partial charge in [0.1, 0.15) is 0 Å². The van der Waals surface area contributed by atoms with Gasteiger partial charge in [0.05, 0.1) is 40.9 Å². The average molecular weight is 1190 g/mol. The number of nitrogens with zero attached hydrogens (tertiary/aromatic N) is 5. The molecular weight excluding hydrogens is 1140 g/mol. The molecule has 14 aromatic carbocycles. The maximum atomic E-state index is 8.07. The Balaban J connectivity index is 0.000000113. The van der Waals surface area contributed by atoms with Gasteiger partial charge in [0.2, 0.25) is 11.2 Å². The number of hydrogen-bond donors (Lipinski definition) is 0. The first kappa shape index (κ1) is 49.4. The summed E-state index contributed by atoms with van der Waals surface area (Å²) in [5.74, 6) is 0.642. The number of hydrogen-bond acceptors (Lipinski definition) is 6. The van der Waals surface area contributed by atoms with Crippen molar-refractivity contribution < 1.29 is 2.74 Å². The molecule has 1 aliphatic rings. The second kappa shape index (κ2) is 20.8. The third-order valence-electron chi connectivity index (χ3n) is 17.8. The van der Waals surface area contributed by atoms with Crippen LogP contribution in [0.5, 0.6) is 0 Å². The van der Waals surface area contributed by atoms with Crippen LogP contribution in [-0.2, 0) is 6.42 Å². The lowest BCUT2D eigenvalue weighted by Crippen LogP contribution is -2.03. The zero-order valence-corrected chi connectivity index (χ0v) is 49.9. The van der Waals surface area contributed by atoms with Crippen LogP contribution in [0.1, 0.15) is 13.9 Å². The largest absolute Gasteiger partial charge is 0.276 e. The minimum atomic E-state index is 0.235. The Morgan fingerprint density at radius 1 is 0.360 bits per heavy atom. The highest BCUT2D eigenvalue weighted by atomic mass is 35.5. The van der Waals surface area contributed by atoms with Gasteiger partial charge >= 0.3 is 0 Å². The van der Waals surface area contributed by atoms with E-state index in [0.29, 0.717) is 18.0 Å². The first-order valence-corrected chi connectivity index (χ1v) is 31.8. The van der Waals surface area contributed by atoms with E-state index in [0.717, 1.165) is 61.8 Å². The normalized spacial score (nSPS) is 12.4. The van der Waals surface area contributed by atoms with Crippen molar-refractivity contribution in [2.45, 2.75) is 6.42 Å². The molecule has 0 amide bonds. The first-order valence-electron chi connectivity index (χ1n) is 30.8. The Kier molecular flexibility index (Phi) is 11.5. The molecule has 0 aliphatic heterocycles. The van der Waals surface area contributed by atoms with E-state index in [1.807, 2.05) is 95.5 Å². The van der Waals surface area contributed by atoms with E-state index < -0.39 is 0 Å². The molecule has 5 nitrogen and oxygen atoms in total. The quantitative estimate of drug-likeness (QED) is 0.165. The highest BCUT2D eigenvalue weighted by Gasteiger charge is 2.29. The topological polar surface area (TPSA) is 56.5 Å². The molecule has 89 heavy (non-hydrogen) atoms. The zero-order valence-electron chi connectivity index (χ0n) is 49.5. The molecule has 0 N–H and O–H groups in total. The van der Waals surface area contributed by atoms with Crippen molar-refractivity contribution in [1.82, 2.24) is 24.5 Å². The molecular formula is C81H48ClN5S2. The van der Waals surface area contributed by atoms with Gasteiger partial charge in [-0.3, -0.25) is 4.57 Å². The average Bonchev–Trinajstić information content (AvgIpc) is 1.55. The lowest BCUT2D eigenvalue weighted by Gasteiger charge is -2.12. The highest BCUT2D eigenvalue weighted by Crippen LogP contribution is 2.53. The second-order valence-corrected chi connectivity index (χ2v) is 25.1. The number of halogens is 1. The van der Waals surface area contributed by atoms with E-state index in [4.69, 9.17) is 24.3 Å². The van der Waals surface area contributed by atoms with Crippen molar-refractivity contribution in [3.63, 3.8) is 0 Å². The van der Waals surface area contributed by atoms with Crippen molar-refractivity contribution in [3.8, 4) is 39.6 Å².